The molecule has 1 N–H and O–H groups in total. The number of aromatic nitrogens is 1. The summed E-state index contributed by atoms with van der Waals surface area (Å²) in [6, 6.07) is 8.83. The molecule has 1 aliphatic rings. The molecule has 124 valence electrons. The van der Waals surface area contributed by atoms with Crippen molar-refractivity contribution in [2.75, 3.05) is 13.1 Å². The van der Waals surface area contributed by atoms with Crippen LogP contribution in [0.15, 0.2) is 28.7 Å². The van der Waals surface area contributed by atoms with Crippen molar-refractivity contribution in [3.63, 3.8) is 0 Å². The quantitative estimate of drug-likeness (QED) is 0.929. The first-order valence-corrected chi connectivity index (χ1v) is 7.67. The van der Waals surface area contributed by atoms with E-state index in [1.165, 1.54) is 0 Å². The van der Waals surface area contributed by atoms with Gasteiger partial charge in [0.25, 0.3) is 0 Å². The highest BCUT2D eigenvalue weighted by atomic mass is 16.5. The molecule has 1 aliphatic heterocycles. The number of hydrogen-bond donors (Lipinski definition) is 1. The van der Waals surface area contributed by atoms with Crippen molar-refractivity contribution < 1.29 is 13.9 Å². The zero-order chi connectivity index (χ0) is 17.1. The van der Waals surface area contributed by atoms with Gasteiger partial charge in [-0.1, -0.05) is 0 Å². The van der Waals surface area contributed by atoms with E-state index in [1.807, 2.05) is 13.8 Å². The lowest BCUT2D eigenvalue weighted by Gasteiger charge is -2.38. The molecule has 1 aromatic heterocycles. The predicted octanol–water partition coefficient (Wildman–Crippen LogP) is 2.14. The van der Waals surface area contributed by atoms with Gasteiger partial charge in [0, 0.05) is 0 Å². The molecule has 2 aromatic rings. The van der Waals surface area contributed by atoms with Gasteiger partial charge in [-0.15, -0.1) is 0 Å². The molecule has 0 aliphatic carbocycles. The van der Waals surface area contributed by atoms with Crippen LogP contribution >= 0.6 is 0 Å². The van der Waals surface area contributed by atoms with Gasteiger partial charge in [-0.05, 0) is 38.1 Å². The minimum absolute atomic E-state index is 0.0325. The van der Waals surface area contributed by atoms with Gasteiger partial charge in [-0.3, -0.25) is 0 Å². The number of ether oxygens (including phenoxy) is 1. The van der Waals surface area contributed by atoms with Crippen LogP contribution in [-0.2, 0) is 6.54 Å². The fourth-order valence-corrected chi connectivity index (χ4v) is 2.36. The van der Waals surface area contributed by atoms with Crippen molar-refractivity contribution in [2.24, 2.45) is 0 Å². The number of urea groups is 1. The molecular weight excluding hydrogens is 308 g/mol. The van der Waals surface area contributed by atoms with Gasteiger partial charge in [0.2, 0.25) is 5.89 Å². The Kier molecular flexibility index (Phi) is 4.38. The number of carbonyl (C=O) groups is 1. The molecule has 24 heavy (non-hydrogen) atoms. The van der Waals surface area contributed by atoms with E-state index in [9.17, 15) is 4.79 Å². The normalized spacial score (nSPS) is 14.0. The second-order valence-electron chi connectivity index (χ2n) is 5.69. The summed E-state index contributed by atoms with van der Waals surface area (Å²) < 4.78 is 11.2. The number of amides is 2. The number of nitrogens with zero attached hydrogens (tertiary/aromatic N) is 3. The summed E-state index contributed by atoms with van der Waals surface area (Å²) in [5.41, 5.74) is 1.42. The Labute approximate surface area is 139 Å². The van der Waals surface area contributed by atoms with Crippen LogP contribution in [0.3, 0.4) is 0 Å². The summed E-state index contributed by atoms with van der Waals surface area (Å²) in [5.74, 6) is 1.97. The Balaban J connectivity index is 1.42. The topological polar surface area (TPSA) is 91.4 Å². The first-order chi connectivity index (χ1) is 11.5. The van der Waals surface area contributed by atoms with Crippen LogP contribution in [0, 0.1) is 25.2 Å². The number of likely N-dealkylation sites (tertiary alicyclic amines) is 1. The van der Waals surface area contributed by atoms with Gasteiger partial charge in [-0.25, -0.2) is 9.78 Å². The summed E-state index contributed by atoms with van der Waals surface area (Å²) in [4.78, 5) is 17.9. The van der Waals surface area contributed by atoms with Crippen LogP contribution in [-0.4, -0.2) is 35.1 Å². The molecule has 3 rings (SSSR count). The fraction of sp³-hybridized carbons (Fsp3) is 0.353. The molecule has 2 amide bonds. The molecular formula is C17H18N4O3. The number of rotatable bonds is 4. The van der Waals surface area contributed by atoms with Crippen molar-refractivity contribution >= 4 is 6.03 Å². The number of nitriles is 1. The van der Waals surface area contributed by atoms with Crippen molar-refractivity contribution in [1.29, 1.82) is 5.26 Å². The SMILES string of the molecule is Cc1nc(CNC(=O)N2CC(Oc3ccc(C#N)cc3)C2)oc1C. The van der Waals surface area contributed by atoms with Crippen molar-refractivity contribution in [2.45, 2.75) is 26.5 Å². The monoisotopic (exact) mass is 326 g/mol. The lowest BCUT2D eigenvalue weighted by atomic mass is 10.1. The van der Waals surface area contributed by atoms with Gasteiger partial charge >= 0.3 is 6.03 Å². The molecule has 0 spiro atoms. The van der Waals surface area contributed by atoms with Gasteiger partial charge in [0.05, 0.1) is 37.0 Å². The van der Waals surface area contributed by atoms with Crippen LogP contribution in [0.2, 0.25) is 0 Å². The van der Waals surface area contributed by atoms with Crippen LogP contribution in [0.1, 0.15) is 22.9 Å². The summed E-state index contributed by atoms with van der Waals surface area (Å²) >= 11 is 0. The van der Waals surface area contributed by atoms with Crippen molar-refractivity contribution in [3.05, 3.63) is 47.2 Å². The molecule has 0 radical (unpaired) electrons. The Bertz CT molecular complexity index is 751. The molecule has 0 bridgehead atoms. The number of oxazole rings is 1. The highest BCUT2D eigenvalue weighted by Gasteiger charge is 2.32. The molecule has 0 saturated carbocycles. The van der Waals surface area contributed by atoms with E-state index in [0.717, 1.165) is 11.5 Å². The summed E-state index contributed by atoms with van der Waals surface area (Å²) in [5, 5.41) is 11.5. The maximum absolute atomic E-state index is 12.0. The number of benzene rings is 1. The van der Waals surface area contributed by atoms with Crippen molar-refractivity contribution in [1.82, 2.24) is 15.2 Å². The second-order valence-corrected chi connectivity index (χ2v) is 5.69. The minimum atomic E-state index is -0.164. The van der Waals surface area contributed by atoms with Crippen LogP contribution in [0.25, 0.3) is 0 Å². The molecule has 1 saturated heterocycles. The second kappa shape index (κ2) is 6.62. The standard InChI is InChI=1S/C17H18N4O3/c1-11-12(2)23-16(20-11)8-19-17(22)21-9-15(10-21)24-14-5-3-13(7-18)4-6-14/h3-6,15H,8-10H2,1-2H3,(H,19,22). The highest BCUT2D eigenvalue weighted by Crippen LogP contribution is 2.18. The third kappa shape index (κ3) is 3.49. The lowest BCUT2D eigenvalue weighted by Crippen LogP contribution is -2.58. The summed E-state index contributed by atoms with van der Waals surface area (Å²) in [7, 11) is 0. The van der Waals surface area contributed by atoms with E-state index in [-0.39, 0.29) is 18.7 Å². The van der Waals surface area contributed by atoms with Crippen molar-refractivity contribution in [3.8, 4) is 11.8 Å². The maximum atomic E-state index is 12.0. The van der Waals surface area contributed by atoms with Gasteiger partial charge in [0.15, 0.2) is 0 Å². The zero-order valence-electron chi connectivity index (χ0n) is 13.6. The van der Waals surface area contributed by atoms with Gasteiger partial charge in [-0.2, -0.15) is 5.26 Å². The smallest absolute Gasteiger partial charge is 0.318 e. The van der Waals surface area contributed by atoms with Crippen LogP contribution in [0.5, 0.6) is 5.75 Å². The maximum Gasteiger partial charge on any atom is 0.318 e. The third-order valence-electron chi connectivity index (χ3n) is 3.89. The van der Waals surface area contributed by atoms with E-state index >= 15 is 0 Å². The Morgan fingerprint density at radius 2 is 2.12 bits per heavy atom. The van der Waals surface area contributed by atoms with Crippen LogP contribution in [0.4, 0.5) is 4.79 Å². The van der Waals surface area contributed by atoms with E-state index in [0.29, 0.717) is 30.3 Å². The first-order valence-electron chi connectivity index (χ1n) is 7.67. The zero-order valence-corrected chi connectivity index (χ0v) is 13.6. The average Bonchev–Trinajstić information content (AvgIpc) is 2.87. The summed E-state index contributed by atoms with van der Waals surface area (Å²) in [6.07, 6.45) is -0.0325. The Morgan fingerprint density at radius 1 is 1.42 bits per heavy atom. The summed E-state index contributed by atoms with van der Waals surface area (Å²) in [6.45, 7) is 5.02. The predicted molar refractivity (Wildman–Crippen MR) is 85.4 cm³/mol. The number of nitrogens with one attached hydrogen (secondary N) is 1. The molecule has 0 unspecified atom stereocenters. The first kappa shape index (κ1) is 15.9. The molecule has 1 aromatic carbocycles. The minimum Gasteiger partial charge on any atom is -0.487 e. The van der Waals surface area contributed by atoms with Crippen LogP contribution < -0.4 is 10.1 Å². The van der Waals surface area contributed by atoms with E-state index in [2.05, 4.69) is 16.4 Å². The Hall–Kier alpha value is -3.01. The number of hydrogen-bond acceptors (Lipinski definition) is 5. The average molecular weight is 326 g/mol. The van der Waals surface area contributed by atoms with E-state index < -0.39 is 0 Å². The highest BCUT2D eigenvalue weighted by molar-refractivity contribution is 5.75. The lowest BCUT2D eigenvalue weighted by molar-refractivity contribution is 0.0441. The van der Waals surface area contributed by atoms with E-state index in [4.69, 9.17) is 14.4 Å². The molecule has 1 fully saturated rings. The Morgan fingerprint density at radius 3 is 2.71 bits per heavy atom. The largest absolute Gasteiger partial charge is 0.487 e. The number of aryl methyl sites for hydroxylation is 2. The van der Waals surface area contributed by atoms with Gasteiger partial charge < -0.3 is 19.4 Å². The molecule has 7 heteroatoms. The molecule has 2 heterocycles. The number of carbonyl (C=O) groups excluding carboxylic acids is 1. The molecule has 0 atom stereocenters. The molecule has 7 nitrogen and oxygen atoms in total. The fourth-order valence-electron chi connectivity index (χ4n) is 2.36. The van der Waals surface area contributed by atoms with E-state index in [1.54, 1.807) is 29.2 Å². The third-order valence-corrected chi connectivity index (χ3v) is 3.89. The van der Waals surface area contributed by atoms with Gasteiger partial charge in [0.1, 0.15) is 17.6 Å².